The van der Waals surface area contributed by atoms with Crippen LogP contribution < -0.4 is 4.74 Å². The van der Waals surface area contributed by atoms with Gasteiger partial charge >= 0.3 is 0 Å². The molecule has 0 bridgehead atoms. The lowest BCUT2D eigenvalue weighted by atomic mass is 10.3. The van der Waals surface area contributed by atoms with Crippen molar-refractivity contribution < 1.29 is 4.74 Å². The second-order valence-corrected chi connectivity index (χ2v) is 3.13. The van der Waals surface area contributed by atoms with Crippen LogP contribution in [-0.2, 0) is 0 Å². The van der Waals surface area contributed by atoms with Crippen LogP contribution in [0.2, 0.25) is 0 Å². The van der Waals surface area contributed by atoms with E-state index in [2.05, 4.69) is 30.9 Å². The van der Waals surface area contributed by atoms with E-state index < -0.39 is 0 Å². The molecule has 0 amide bonds. The third kappa shape index (κ3) is 1.60. The van der Waals surface area contributed by atoms with Crippen molar-refractivity contribution in [2.75, 3.05) is 7.11 Å². The van der Waals surface area contributed by atoms with Crippen LogP contribution in [-0.4, -0.2) is 22.1 Å². The second kappa shape index (κ2) is 3.26. The fourth-order valence-electron chi connectivity index (χ4n) is 1.00. The SMILES string of the molecule is COc1cc2cnc(Br)nc2cn1. The Morgan fingerprint density at radius 1 is 1.31 bits per heavy atom. The minimum absolute atomic E-state index is 0.562. The number of rotatable bonds is 1. The third-order valence-electron chi connectivity index (χ3n) is 1.62. The van der Waals surface area contributed by atoms with Gasteiger partial charge in [-0.25, -0.2) is 15.0 Å². The van der Waals surface area contributed by atoms with Gasteiger partial charge in [0.15, 0.2) is 4.73 Å². The van der Waals surface area contributed by atoms with E-state index in [1.165, 1.54) is 0 Å². The van der Waals surface area contributed by atoms with E-state index in [1.54, 1.807) is 25.6 Å². The average molecular weight is 240 g/mol. The van der Waals surface area contributed by atoms with Gasteiger partial charge in [-0.05, 0) is 15.9 Å². The van der Waals surface area contributed by atoms with Gasteiger partial charge in [0.05, 0.1) is 18.8 Å². The van der Waals surface area contributed by atoms with E-state index in [4.69, 9.17) is 4.74 Å². The van der Waals surface area contributed by atoms with Gasteiger partial charge in [0, 0.05) is 17.6 Å². The maximum atomic E-state index is 4.97. The molecule has 13 heavy (non-hydrogen) atoms. The molecule has 0 spiro atoms. The zero-order valence-corrected chi connectivity index (χ0v) is 8.45. The number of ether oxygens (including phenoxy) is 1. The van der Waals surface area contributed by atoms with Gasteiger partial charge in [-0.2, -0.15) is 0 Å². The molecule has 0 radical (unpaired) electrons. The Bertz CT molecular complexity index is 446. The van der Waals surface area contributed by atoms with Gasteiger partial charge < -0.3 is 4.74 Å². The standard InChI is InChI=1S/C8H6BrN3O/c1-13-7-2-5-3-11-8(9)12-6(5)4-10-7/h2-4H,1H3. The quantitative estimate of drug-likeness (QED) is 0.713. The number of halogens is 1. The molecule has 0 aromatic carbocycles. The molecular weight excluding hydrogens is 234 g/mol. The van der Waals surface area contributed by atoms with Crippen molar-refractivity contribution in [3.05, 3.63) is 23.2 Å². The molecule has 66 valence electrons. The van der Waals surface area contributed by atoms with E-state index >= 15 is 0 Å². The van der Waals surface area contributed by atoms with Crippen molar-refractivity contribution in [3.8, 4) is 5.88 Å². The molecule has 5 heteroatoms. The Kier molecular flexibility index (Phi) is 2.10. The highest BCUT2D eigenvalue weighted by atomic mass is 79.9. The van der Waals surface area contributed by atoms with Crippen LogP contribution in [0.15, 0.2) is 23.2 Å². The number of hydrogen-bond donors (Lipinski definition) is 0. The molecule has 0 saturated carbocycles. The van der Waals surface area contributed by atoms with E-state index in [0.717, 1.165) is 10.9 Å². The molecule has 2 heterocycles. The molecule has 0 atom stereocenters. The molecule has 0 saturated heterocycles. The van der Waals surface area contributed by atoms with E-state index in [1.807, 2.05) is 0 Å². The molecule has 0 fully saturated rings. The first-order valence-electron chi connectivity index (χ1n) is 3.62. The summed E-state index contributed by atoms with van der Waals surface area (Å²) in [5.74, 6) is 0.568. The van der Waals surface area contributed by atoms with Crippen LogP contribution in [0.25, 0.3) is 10.9 Å². The molecule has 0 aliphatic rings. The Morgan fingerprint density at radius 2 is 2.15 bits per heavy atom. The molecular formula is C8H6BrN3O. The van der Waals surface area contributed by atoms with Crippen molar-refractivity contribution in [1.29, 1.82) is 0 Å². The number of nitrogens with zero attached hydrogens (tertiary/aromatic N) is 3. The van der Waals surface area contributed by atoms with Crippen LogP contribution in [0, 0.1) is 0 Å². The van der Waals surface area contributed by atoms with Gasteiger partial charge in [0.2, 0.25) is 5.88 Å². The summed E-state index contributed by atoms with van der Waals surface area (Å²) < 4.78 is 5.54. The molecule has 0 aliphatic heterocycles. The second-order valence-electron chi connectivity index (χ2n) is 2.42. The predicted octanol–water partition coefficient (Wildman–Crippen LogP) is 1.80. The summed E-state index contributed by atoms with van der Waals surface area (Å²) in [6.07, 6.45) is 3.37. The van der Waals surface area contributed by atoms with Crippen molar-refractivity contribution in [1.82, 2.24) is 15.0 Å². The smallest absolute Gasteiger partial charge is 0.213 e. The normalized spacial score (nSPS) is 10.3. The third-order valence-corrected chi connectivity index (χ3v) is 2.00. The lowest BCUT2D eigenvalue weighted by Gasteiger charge is -1.99. The summed E-state index contributed by atoms with van der Waals surface area (Å²) in [6.45, 7) is 0. The highest BCUT2D eigenvalue weighted by Gasteiger charge is 1.99. The predicted molar refractivity (Wildman–Crippen MR) is 51.6 cm³/mol. The Morgan fingerprint density at radius 3 is 2.92 bits per heavy atom. The first kappa shape index (κ1) is 8.37. The summed E-state index contributed by atoms with van der Waals surface area (Å²) in [5.41, 5.74) is 0.794. The summed E-state index contributed by atoms with van der Waals surface area (Å²) in [4.78, 5) is 12.2. The number of methoxy groups -OCH3 is 1. The topological polar surface area (TPSA) is 47.9 Å². The van der Waals surface area contributed by atoms with Crippen LogP contribution >= 0.6 is 15.9 Å². The number of aromatic nitrogens is 3. The van der Waals surface area contributed by atoms with Gasteiger partial charge in [-0.15, -0.1) is 0 Å². The molecule has 4 nitrogen and oxygen atoms in total. The minimum Gasteiger partial charge on any atom is -0.481 e. The lowest BCUT2D eigenvalue weighted by Crippen LogP contribution is -1.89. The van der Waals surface area contributed by atoms with E-state index in [-0.39, 0.29) is 0 Å². The zero-order chi connectivity index (χ0) is 9.26. The number of fused-ring (bicyclic) bond motifs is 1. The highest BCUT2D eigenvalue weighted by Crippen LogP contribution is 2.16. The molecule has 2 aromatic heterocycles. The van der Waals surface area contributed by atoms with Crippen molar-refractivity contribution in [2.45, 2.75) is 0 Å². The number of hydrogen-bond acceptors (Lipinski definition) is 4. The fraction of sp³-hybridized carbons (Fsp3) is 0.125. The lowest BCUT2D eigenvalue weighted by molar-refractivity contribution is 0.398. The van der Waals surface area contributed by atoms with Gasteiger partial charge in [0.25, 0.3) is 0 Å². The molecule has 0 aliphatic carbocycles. The van der Waals surface area contributed by atoms with Gasteiger partial charge in [0.1, 0.15) is 0 Å². The maximum Gasteiger partial charge on any atom is 0.213 e. The van der Waals surface area contributed by atoms with Gasteiger partial charge in [-0.1, -0.05) is 0 Å². The first-order chi connectivity index (χ1) is 6.29. The van der Waals surface area contributed by atoms with Gasteiger partial charge in [-0.3, -0.25) is 0 Å². The molecule has 2 aromatic rings. The summed E-state index contributed by atoms with van der Waals surface area (Å²) in [5, 5.41) is 0.912. The molecule has 0 unspecified atom stereocenters. The Hall–Kier alpha value is -1.23. The largest absolute Gasteiger partial charge is 0.481 e. The van der Waals surface area contributed by atoms with Crippen LogP contribution in [0.5, 0.6) is 5.88 Å². The van der Waals surface area contributed by atoms with E-state index in [0.29, 0.717) is 10.6 Å². The van der Waals surface area contributed by atoms with Crippen molar-refractivity contribution in [2.24, 2.45) is 0 Å². The average Bonchev–Trinajstić information content (AvgIpc) is 2.17. The maximum absolute atomic E-state index is 4.97. The summed E-state index contributed by atoms with van der Waals surface area (Å²) in [6, 6.07) is 1.79. The molecule has 0 N–H and O–H groups in total. The molecule has 2 rings (SSSR count). The van der Waals surface area contributed by atoms with Crippen molar-refractivity contribution in [3.63, 3.8) is 0 Å². The summed E-state index contributed by atoms with van der Waals surface area (Å²) >= 11 is 3.19. The van der Waals surface area contributed by atoms with Crippen LogP contribution in [0.4, 0.5) is 0 Å². The highest BCUT2D eigenvalue weighted by molar-refractivity contribution is 9.10. The van der Waals surface area contributed by atoms with Crippen molar-refractivity contribution >= 4 is 26.8 Å². The summed E-state index contributed by atoms with van der Waals surface area (Å²) in [7, 11) is 1.58. The van der Waals surface area contributed by atoms with Crippen LogP contribution in [0.1, 0.15) is 0 Å². The first-order valence-corrected chi connectivity index (χ1v) is 4.41. The number of pyridine rings is 1. The van der Waals surface area contributed by atoms with E-state index in [9.17, 15) is 0 Å². The monoisotopic (exact) mass is 239 g/mol. The Labute approximate surface area is 83.1 Å². The van der Waals surface area contributed by atoms with Crippen LogP contribution in [0.3, 0.4) is 0 Å². The minimum atomic E-state index is 0.562. The zero-order valence-electron chi connectivity index (χ0n) is 6.86. The fourth-order valence-corrected chi connectivity index (χ4v) is 1.30. The Balaban J connectivity index is 2.66.